The topological polar surface area (TPSA) is 99.5 Å². The molecular weight excluding hydrogens is 442 g/mol. The zero-order chi connectivity index (χ0) is 23.8. The summed E-state index contributed by atoms with van der Waals surface area (Å²) < 4.78 is 37.3. The minimum atomic E-state index is -3.29. The van der Waals surface area contributed by atoms with Gasteiger partial charge in [-0.1, -0.05) is 12.1 Å². The number of carbonyl (C=O) groups excluding carboxylic acids is 1. The first-order chi connectivity index (χ1) is 15.7. The second-order valence-corrected chi connectivity index (χ2v) is 9.98. The number of ether oxygens (including phenoxy) is 2. The van der Waals surface area contributed by atoms with Crippen molar-refractivity contribution in [3.63, 3.8) is 0 Å². The van der Waals surface area contributed by atoms with Crippen LogP contribution in [0.2, 0.25) is 0 Å². The number of rotatable bonds is 7. The maximum Gasteiger partial charge on any atom is 0.256 e. The maximum atomic E-state index is 13.2. The first kappa shape index (κ1) is 22.8. The molecule has 0 saturated heterocycles. The van der Waals surface area contributed by atoms with Gasteiger partial charge in [0.2, 0.25) is 0 Å². The van der Waals surface area contributed by atoms with Crippen LogP contribution in [0.3, 0.4) is 0 Å². The molecule has 3 aromatic rings. The summed E-state index contributed by atoms with van der Waals surface area (Å²) in [5, 5.41) is 7.48. The average molecular weight is 470 g/mol. The summed E-state index contributed by atoms with van der Waals surface area (Å²) in [7, 11) is -3.29. The Morgan fingerprint density at radius 3 is 2.52 bits per heavy atom. The number of hydrogen-bond donors (Lipinski definition) is 1. The second-order valence-electron chi connectivity index (χ2n) is 7.92. The van der Waals surface area contributed by atoms with Crippen molar-refractivity contribution in [1.82, 2.24) is 9.78 Å². The van der Waals surface area contributed by atoms with Gasteiger partial charge in [0, 0.05) is 11.1 Å². The first-order valence-electron chi connectivity index (χ1n) is 10.8. The molecule has 1 aliphatic heterocycles. The highest BCUT2D eigenvalue weighted by Crippen LogP contribution is 2.35. The number of benzene rings is 2. The second kappa shape index (κ2) is 8.90. The van der Waals surface area contributed by atoms with E-state index in [4.69, 9.17) is 9.47 Å². The first-order valence-corrected chi connectivity index (χ1v) is 12.6. The van der Waals surface area contributed by atoms with Crippen molar-refractivity contribution in [2.45, 2.75) is 39.2 Å². The van der Waals surface area contributed by atoms with Crippen molar-refractivity contribution in [3.8, 4) is 17.2 Å². The average Bonchev–Trinajstić information content (AvgIpc) is 3.24. The molecule has 0 radical (unpaired) electrons. The van der Waals surface area contributed by atoms with Gasteiger partial charge in [-0.25, -0.2) is 13.1 Å². The normalized spacial score (nSPS) is 14.1. The highest BCUT2D eigenvalue weighted by atomic mass is 32.2. The van der Waals surface area contributed by atoms with Crippen molar-refractivity contribution in [3.05, 3.63) is 64.3 Å². The van der Waals surface area contributed by atoms with Gasteiger partial charge >= 0.3 is 0 Å². The number of aryl methyl sites for hydroxylation is 1. The number of nitrogens with one attached hydrogen (secondary N) is 1. The smallest absolute Gasteiger partial charge is 0.256 e. The van der Waals surface area contributed by atoms with Gasteiger partial charge in [-0.05, 0) is 63.1 Å². The highest BCUT2D eigenvalue weighted by Gasteiger charge is 2.33. The molecule has 8 nitrogen and oxygen atoms in total. The van der Waals surface area contributed by atoms with Crippen LogP contribution in [-0.4, -0.2) is 37.3 Å². The van der Waals surface area contributed by atoms with Gasteiger partial charge in [-0.2, -0.15) is 5.10 Å². The molecular formula is C24H27N3O5S. The predicted molar refractivity (Wildman–Crippen MR) is 126 cm³/mol. The SMILES string of the molecule is CCOc1ccc(C(=O)Nc2c3c(nn2-c2cccc(C)c2C)CS(=O)(=O)C3)cc1OCC. The summed E-state index contributed by atoms with van der Waals surface area (Å²) in [5.74, 6) is 0.719. The Morgan fingerprint density at radius 1 is 1.06 bits per heavy atom. The highest BCUT2D eigenvalue weighted by molar-refractivity contribution is 7.90. The number of fused-ring (bicyclic) bond motifs is 1. The quantitative estimate of drug-likeness (QED) is 0.562. The molecule has 0 fully saturated rings. The van der Waals surface area contributed by atoms with Gasteiger partial charge in [0.25, 0.3) is 5.91 Å². The molecule has 0 unspecified atom stereocenters. The van der Waals surface area contributed by atoms with Gasteiger partial charge in [0.15, 0.2) is 21.3 Å². The minimum Gasteiger partial charge on any atom is -0.490 e. The van der Waals surface area contributed by atoms with Gasteiger partial charge in [0.1, 0.15) is 5.82 Å². The largest absolute Gasteiger partial charge is 0.490 e. The van der Waals surface area contributed by atoms with E-state index in [0.29, 0.717) is 47.4 Å². The lowest BCUT2D eigenvalue weighted by Gasteiger charge is -2.15. The third-order valence-electron chi connectivity index (χ3n) is 5.63. The minimum absolute atomic E-state index is 0.138. The Labute approximate surface area is 193 Å². The molecule has 9 heteroatoms. The lowest BCUT2D eigenvalue weighted by atomic mass is 10.1. The Kier molecular flexibility index (Phi) is 6.16. The molecule has 174 valence electrons. The molecule has 1 aromatic heterocycles. The molecule has 2 aromatic carbocycles. The monoisotopic (exact) mass is 469 g/mol. The molecule has 2 heterocycles. The van der Waals surface area contributed by atoms with Crippen LogP contribution >= 0.6 is 0 Å². The number of aromatic nitrogens is 2. The van der Waals surface area contributed by atoms with E-state index in [1.54, 1.807) is 22.9 Å². The van der Waals surface area contributed by atoms with Crippen LogP contribution in [0, 0.1) is 13.8 Å². The Balaban J connectivity index is 1.76. The van der Waals surface area contributed by atoms with Gasteiger partial charge in [-0.3, -0.25) is 4.79 Å². The molecule has 0 saturated carbocycles. The van der Waals surface area contributed by atoms with Crippen molar-refractivity contribution < 1.29 is 22.7 Å². The van der Waals surface area contributed by atoms with Crippen molar-refractivity contribution in [2.75, 3.05) is 18.5 Å². The Morgan fingerprint density at radius 2 is 1.79 bits per heavy atom. The Hall–Kier alpha value is -3.33. The van der Waals surface area contributed by atoms with Crippen LogP contribution in [0.4, 0.5) is 5.82 Å². The van der Waals surface area contributed by atoms with Gasteiger partial charge in [-0.15, -0.1) is 0 Å². The molecule has 0 spiro atoms. The van der Waals surface area contributed by atoms with E-state index in [-0.39, 0.29) is 11.5 Å². The zero-order valence-corrected chi connectivity index (χ0v) is 20.0. The summed E-state index contributed by atoms with van der Waals surface area (Å²) in [6.45, 7) is 8.60. The van der Waals surface area contributed by atoms with Crippen LogP contribution in [0.25, 0.3) is 5.69 Å². The zero-order valence-electron chi connectivity index (χ0n) is 19.1. The lowest BCUT2D eigenvalue weighted by molar-refractivity contribution is 0.102. The van der Waals surface area contributed by atoms with E-state index < -0.39 is 15.7 Å². The van der Waals surface area contributed by atoms with Crippen LogP contribution in [0.15, 0.2) is 36.4 Å². The molecule has 33 heavy (non-hydrogen) atoms. The fourth-order valence-corrected chi connectivity index (χ4v) is 5.38. The lowest BCUT2D eigenvalue weighted by Crippen LogP contribution is -2.17. The van der Waals surface area contributed by atoms with E-state index in [2.05, 4.69) is 10.4 Å². The third-order valence-corrected chi connectivity index (χ3v) is 7.07. The van der Waals surface area contributed by atoms with Crippen molar-refractivity contribution in [2.24, 2.45) is 0 Å². The number of anilines is 1. The number of amides is 1. The third kappa shape index (κ3) is 4.45. The Bertz CT molecular complexity index is 1330. The molecule has 4 rings (SSSR count). The molecule has 0 atom stereocenters. The van der Waals surface area contributed by atoms with Crippen LogP contribution < -0.4 is 14.8 Å². The summed E-state index contributed by atoms with van der Waals surface area (Å²) in [6, 6.07) is 10.8. The number of nitrogens with zero attached hydrogens (tertiary/aromatic N) is 2. The van der Waals surface area contributed by atoms with Crippen LogP contribution in [0.5, 0.6) is 11.5 Å². The van der Waals surface area contributed by atoms with Crippen LogP contribution in [0.1, 0.15) is 46.6 Å². The molecule has 0 bridgehead atoms. The van der Waals surface area contributed by atoms with E-state index in [1.165, 1.54) is 0 Å². The molecule has 1 N–H and O–H groups in total. The van der Waals surface area contributed by atoms with Gasteiger partial charge < -0.3 is 14.8 Å². The summed E-state index contributed by atoms with van der Waals surface area (Å²) in [5.41, 5.74) is 4.22. The van der Waals surface area contributed by atoms with Crippen LogP contribution in [-0.2, 0) is 21.3 Å². The number of carbonyl (C=O) groups is 1. The standard InChI is InChI=1S/C24H27N3O5S/c1-5-31-21-11-10-17(12-22(21)32-6-2)24(28)25-23-18-13-33(29,30)14-19(18)26-27(23)20-9-7-8-15(3)16(20)4/h7-12H,5-6,13-14H2,1-4H3,(H,25,28). The summed E-state index contributed by atoms with van der Waals surface area (Å²) in [4.78, 5) is 13.2. The van der Waals surface area contributed by atoms with Gasteiger partial charge in [0.05, 0.1) is 36.1 Å². The van der Waals surface area contributed by atoms with E-state index in [0.717, 1.165) is 16.8 Å². The summed E-state index contributed by atoms with van der Waals surface area (Å²) in [6.07, 6.45) is 0. The fourth-order valence-electron chi connectivity index (χ4n) is 3.88. The molecule has 1 amide bonds. The molecule has 0 aliphatic carbocycles. The predicted octanol–water partition coefficient (Wildman–Crippen LogP) is 3.97. The molecule has 1 aliphatic rings. The van der Waals surface area contributed by atoms with E-state index in [9.17, 15) is 13.2 Å². The number of sulfone groups is 1. The van der Waals surface area contributed by atoms with E-state index >= 15 is 0 Å². The fraction of sp³-hybridized carbons (Fsp3) is 0.333. The van der Waals surface area contributed by atoms with Crippen molar-refractivity contribution in [1.29, 1.82) is 0 Å². The van der Waals surface area contributed by atoms with E-state index in [1.807, 2.05) is 45.9 Å². The maximum absolute atomic E-state index is 13.2. The number of hydrogen-bond acceptors (Lipinski definition) is 6. The van der Waals surface area contributed by atoms with Crippen molar-refractivity contribution >= 4 is 21.6 Å². The summed E-state index contributed by atoms with van der Waals surface area (Å²) >= 11 is 0.